The number of aromatic nitrogens is 4. The van der Waals surface area contributed by atoms with Crippen LogP contribution < -0.4 is 5.32 Å². The lowest BCUT2D eigenvalue weighted by molar-refractivity contribution is -0.384. The van der Waals surface area contributed by atoms with E-state index in [9.17, 15) is 14.9 Å². The number of carbonyl (C=O) groups excluding carboxylic acids is 1. The summed E-state index contributed by atoms with van der Waals surface area (Å²) in [5.41, 5.74) is 4.59. The number of nitro benzene ring substituents is 1. The number of benzene rings is 2. The van der Waals surface area contributed by atoms with Crippen molar-refractivity contribution in [2.75, 3.05) is 0 Å². The number of para-hydroxylation sites is 1. The van der Waals surface area contributed by atoms with E-state index in [0.717, 1.165) is 22.6 Å². The molecule has 0 unspecified atom stereocenters. The van der Waals surface area contributed by atoms with Crippen molar-refractivity contribution in [3.8, 4) is 11.4 Å². The summed E-state index contributed by atoms with van der Waals surface area (Å²) < 4.78 is 3.36. The lowest BCUT2D eigenvalue weighted by Crippen LogP contribution is -2.24. The van der Waals surface area contributed by atoms with E-state index in [4.69, 9.17) is 0 Å². The van der Waals surface area contributed by atoms with Gasteiger partial charge in [-0.05, 0) is 44.2 Å². The van der Waals surface area contributed by atoms with Gasteiger partial charge in [0.05, 0.1) is 22.0 Å². The molecule has 1 amide bonds. The first-order valence-corrected chi connectivity index (χ1v) is 9.63. The molecule has 2 aromatic carbocycles. The van der Waals surface area contributed by atoms with Crippen LogP contribution >= 0.6 is 0 Å². The van der Waals surface area contributed by atoms with Crippen LogP contribution in [0.25, 0.3) is 11.4 Å². The largest absolute Gasteiger partial charge is 0.346 e. The van der Waals surface area contributed by atoms with Crippen LogP contribution in [0.1, 0.15) is 27.4 Å². The summed E-state index contributed by atoms with van der Waals surface area (Å²) in [6, 6.07) is 17.4. The van der Waals surface area contributed by atoms with E-state index in [1.165, 1.54) is 16.8 Å². The molecule has 2 aromatic heterocycles. The highest BCUT2D eigenvalue weighted by atomic mass is 16.6. The summed E-state index contributed by atoms with van der Waals surface area (Å²) in [6.07, 6.45) is 1.64. The Bertz CT molecular complexity index is 1240. The summed E-state index contributed by atoms with van der Waals surface area (Å²) >= 11 is 0. The summed E-state index contributed by atoms with van der Waals surface area (Å²) in [6.45, 7) is 4.21. The molecule has 0 fully saturated rings. The predicted octanol–water partition coefficient (Wildman–Crippen LogP) is 3.51. The van der Waals surface area contributed by atoms with Gasteiger partial charge < -0.3 is 5.32 Å². The van der Waals surface area contributed by atoms with Crippen LogP contribution in [-0.2, 0) is 6.54 Å². The van der Waals surface area contributed by atoms with Crippen LogP contribution in [0.3, 0.4) is 0 Å². The van der Waals surface area contributed by atoms with E-state index in [2.05, 4.69) is 15.5 Å². The first-order valence-electron chi connectivity index (χ1n) is 9.63. The third-order valence-corrected chi connectivity index (χ3v) is 5.01. The van der Waals surface area contributed by atoms with Crippen molar-refractivity contribution in [2.45, 2.75) is 20.4 Å². The SMILES string of the molecule is Cc1nn(-c2ccccc2)c(C)c1CNC(=O)c1ccn(-c2ccc([N+](=O)[O-])cc2)n1. The minimum absolute atomic E-state index is 0.00402. The number of nitro groups is 1. The molecule has 0 atom stereocenters. The van der Waals surface area contributed by atoms with Crippen LogP contribution in [0, 0.1) is 24.0 Å². The molecule has 2 heterocycles. The average Bonchev–Trinajstić information content (AvgIpc) is 3.38. The number of aryl methyl sites for hydroxylation is 1. The quantitative estimate of drug-likeness (QED) is 0.382. The third kappa shape index (κ3) is 4.06. The van der Waals surface area contributed by atoms with Gasteiger partial charge in [-0.25, -0.2) is 9.36 Å². The van der Waals surface area contributed by atoms with E-state index in [-0.39, 0.29) is 17.3 Å². The number of nitrogens with one attached hydrogen (secondary N) is 1. The fraction of sp³-hybridized carbons (Fsp3) is 0.136. The molecule has 31 heavy (non-hydrogen) atoms. The van der Waals surface area contributed by atoms with Crippen LogP contribution in [0.2, 0.25) is 0 Å². The number of carbonyl (C=O) groups is 1. The Morgan fingerprint density at radius 3 is 2.39 bits per heavy atom. The van der Waals surface area contributed by atoms with Gasteiger partial charge >= 0.3 is 0 Å². The smallest absolute Gasteiger partial charge is 0.272 e. The number of non-ortho nitro benzene ring substituents is 1. The van der Waals surface area contributed by atoms with Gasteiger partial charge in [0.15, 0.2) is 5.69 Å². The highest BCUT2D eigenvalue weighted by Crippen LogP contribution is 2.18. The normalized spacial score (nSPS) is 10.8. The van der Waals surface area contributed by atoms with E-state index in [0.29, 0.717) is 12.2 Å². The Balaban J connectivity index is 1.47. The summed E-state index contributed by atoms with van der Waals surface area (Å²) in [5.74, 6) is -0.313. The van der Waals surface area contributed by atoms with Gasteiger partial charge in [0.1, 0.15) is 0 Å². The fourth-order valence-electron chi connectivity index (χ4n) is 3.33. The zero-order chi connectivity index (χ0) is 22.0. The van der Waals surface area contributed by atoms with E-state index < -0.39 is 4.92 Å². The Morgan fingerprint density at radius 1 is 1.00 bits per heavy atom. The number of nitrogens with zero attached hydrogens (tertiary/aromatic N) is 5. The maximum atomic E-state index is 12.6. The molecule has 4 rings (SSSR count). The second-order valence-corrected chi connectivity index (χ2v) is 7.00. The molecule has 9 nitrogen and oxygen atoms in total. The second kappa shape index (κ2) is 8.23. The molecule has 0 saturated heterocycles. The van der Waals surface area contributed by atoms with Crippen molar-refractivity contribution in [1.82, 2.24) is 24.9 Å². The van der Waals surface area contributed by atoms with Crippen molar-refractivity contribution in [3.05, 3.63) is 99.6 Å². The molecule has 0 bridgehead atoms. The molecular weight excluding hydrogens is 396 g/mol. The zero-order valence-corrected chi connectivity index (χ0v) is 17.0. The molecule has 156 valence electrons. The second-order valence-electron chi connectivity index (χ2n) is 7.00. The van der Waals surface area contributed by atoms with Crippen molar-refractivity contribution >= 4 is 11.6 Å². The highest BCUT2D eigenvalue weighted by molar-refractivity contribution is 5.92. The minimum Gasteiger partial charge on any atom is -0.346 e. The van der Waals surface area contributed by atoms with Gasteiger partial charge in [-0.2, -0.15) is 10.2 Å². The van der Waals surface area contributed by atoms with Crippen LogP contribution in [0.15, 0.2) is 66.9 Å². The maximum Gasteiger partial charge on any atom is 0.272 e. The van der Waals surface area contributed by atoms with Gasteiger partial charge in [-0.3, -0.25) is 14.9 Å². The number of hydrogen-bond donors (Lipinski definition) is 1. The molecule has 1 N–H and O–H groups in total. The third-order valence-electron chi connectivity index (χ3n) is 5.01. The van der Waals surface area contributed by atoms with E-state index >= 15 is 0 Å². The Morgan fingerprint density at radius 2 is 1.71 bits per heavy atom. The molecule has 4 aromatic rings. The minimum atomic E-state index is -0.463. The fourth-order valence-corrected chi connectivity index (χ4v) is 3.33. The molecular formula is C22H20N6O3. The molecule has 0 aliphatic rings. The van der Waals surface area contributed by atoms with Crippen LogP contribution in [0.5, 0.6) is 0 Å². The van der Waals surface area contributed by atoms with Crippen molar-refractivity contribution in [1.29, 1.82) is 0 Å². The van der Waals surface area contributed by atoms with Crippen molar-refractivity contribution in [3.63, 3.8) is 0 Å². The standard InChI is InChI=1S/C22H20N6O3/c1-15-20(16(2)27(24-15)18-6-4-3-5-7-18)14-23-22(29)21-12-13-26(25-21)17-8-10-19(11-9-17)28(30)31/h3-13H,14H2,1-2H3,(H,23,29). The average molecular weight is 416 g/mol. The van der Waals surface area contributed by atoms with E-state index in [1.54, 1.807) is 24.4 Å². The number of amides is 1. The Labute approximate surface area is 178 Å². The summed E-state index contributed by atoms with van der Waals surface area (Å²) in [5, 5.41) is 22.5. The van der Waals surface area contributed by atoms with Gasteiger partial charge in [0.2, 0.25) is 0 Å². The monoisotopic (exact) mass is 416 g/mol. The summed E-state index contributed by atoms with van der Waals surface area (Å²) in [4.78, 5) is 22.9. The first-order chi connectivity index (χ1) is 14.9. The Hall–Kier alpha value is -4.27. The van der Waals surface area contributed by atoms with Gasteiger partial charge in [-0.1, -0.05) is 18.2 Å². The Kier molecular flexibility index (Phi) is 5.31. The van der Waals surface area contributed by atoms with E-state index in [1.807, 2.05) is 48.9 Å². The van der Waals surface area contributed by atoms with Gasteiger partial charge in [0.25, 0.3) is 11.6 Å². The van der Waals surface area contributed by atoms with Crippen molar-refractivity contribution in [2.24, 2.45) is 0 Å². The highest BCUT2D eigenvalue weighted by Gasteiger charge is 2.16. The first kappa shape index (κ1) is 20.0. The van der Waals surface area contributed by atoms with Crippen LogP contribution in [0.4, 0.5) is 5.69 Å². The predicted molar refractivity (Wildman–Crippen MR) is 114 cm³/mol. The number of rotatable bonds is 6. The summed E-state index contributed by atoms with van der Waals surface area (Å²) in [7, 11) is 0. The number of hydrogen-bond acceptors (Lipinski definition) is 5. The molecule has 0 saturated carbocycles. The molecule has 0 spiro atoms. The molecule has 0 aliphatic carbocycles. The molecule has 9 heteroatoms. The topological polar surface area (TPSA) is 108 Å². The van der Waals surface area contributed by atoms with Crippen molar-refractivity contribution < 1.29 is 9.72 Å². The van der Waals surface area contributed by atoms with Gasteiger partial charge in [-0.15, -0.1) is 0 Å². The zero-order valence-electron chi connectivity index (χ0n) is 17.0. The van der Waals surface area contributed by atoms with Gasteiger partial charge in [0, 0.05) is 36.1 Å². The van der Waals surface area contributed by atoms with Crippen LogP contribution in [-0.4, -0.2) is 30.4 Å². The lowest BCUT2D eigenvalue weighted by atomic mass is 10.2. The maximum absolute atomic E-state index is 12.6. The lowest BCUT2D eigenvalue weighted by Gasteiger charge is -2.06. The molecule has 0 radical (unpaired) electrons. The molecule has 0 aliphatic heterocycles.